The highest BCUT2D eigenvalue weighted by molar-refractivity contribution is 9.10. The van der Waals surface area contributed by atoms with E-state index in [4.69, 9.17) is 0 Å². The molecule has 0 N–H and O–H groups in total. The van der Waals surface area contributed by atoms with Crippen LogP contribution in [0.2, 0.25) is 0 Å². The zero-order valence-corrected chi connectivity index (χ0v) is 11.1. The summed E-state index contributed by atoms with van der Waals surface area (Å²) >= 11 is 3.34. The molecule has 0 aliphatic carbocycles. The molecule has 1 saturated heterocycles. The summed E-state index contributed by atoms with van der Waals surface area (Å²) in [6.07, 6.45) is 2.90. The predicted molar refractivity (Wildman–Crippen MR) is 68.3 cm³/mol. The predicted octanol–water partition coefficient (Wildman–Crippen LogP) is 1.50. The third-order valence-corrected chi connectivity index (χ3v) is 3.45. The van der Waals surface area contributed by atoms with Gasteiger partial charge < -0.3 is 9.80 Å². The van der Waals surface area contributed by atoms with Gasteiger partial charge in [-0.05, 0) is 23.0 Å². The van der Waals surface area contributed by atoms with E-state index in [1.54, 1.807) is 6.20 Å². The SMILES string of the molecule is CN1CCN(c2c(Br)cncc2[N+](=O)[O-])CC1. The number of rotatable bonds is 2. The fraction of sp³-hybridized carbons (Fsp3) is 0.500. The third kappa shape index (κ3) is 2.55. The molecule has 0 spiro atoms. The highest BCUT2D eigenvalue weighted by Gasteiger charge is 2.25. The van der Waals surface area contributed by atoms with Crippen LogP contribution in [0.15, 0.2) is 16.9 Å². The number of pyridine rings is 1. The van der Waals surface area contributed by atoms with Crippen LogP contribution in [0.25, 0.3) is 0 Å². The second-order valence-electron chi connectivity index (χ2n) is 4.04. The van der Waals surface area contributed by atoms with Crippen molar-refractivity contribution in [1.29, 1.82) is 0 Å². The second kappa shape index (κ2) is 4.97. The van der Waals surface area contributed by atoms with Gasteiger partial charge in [-0.1, -0.05) is 0 Å². The van der Waals surface area contributed by atoms with E-state index in [2.05, 4.69) is 25.8 Å². The van der Waals surface area contributed by atoms with Gasteiger partial charge in [0.25, 0.3) is 0 Å². The molecule has 0 saturated carbocycles. The molecule has 0 bridgehead atoms. The summed E-state index contributed by atoms with van der Waals surface area (Å²) in [6, 6.07) is 0. The maximum atomic E-state index is 11.0. The van der Waals surface area contributed by atoms with E-state index >= 15 is 0 Å². The van der Waals surface area contributed by atoms with Crippen LogP contribution in [0, 0.1) is 10.1 Å². The molecule has 0 amide bonds. The summed E-state index contributed by atoms with van der Waals surface area (Å²) in [5.41, 5.74) is 0.696. The lowest BCUT2D eigenvalue weighted by atomic mass is 10.2. The first kappa shape index (κ1) is 12.3. The standard InChI is InChI=1S/C10H13BrN4O2/c1-13-2-4-14(5-3-13)10-8(11)6-12-7-9(10)15(16)17/h6-7H,2-5H2,1H3. The Balaban J connectivity index is 2.33. The summed E-state index contributed by atoms with van der Waals surface area (Å²) in [6.45, 7) is 3.40. The van der Waals surface area contributed by atoms with Crippen LogP contribution in [0.1, 0.15) is 0 Å². The Morgan fingerprint density at radius 2 is 2.00 bits per heavy atom. The summed E-state index contributed by atoms with van der Waals surface area (Å²) in [4.78, 5) is 18.7. The molecule has 1 fully saturated rings. The number of hydrogen-bond donors (Lipinski definition) is 0. The molecule has 0 radical (unpaired) electrons. The Morgan fingerprint density at radius 1 is 1.35 bits per heavy atom. The molecule has 17 heavy (non-hydrogen) atoms. The van der Waals surface area contributed by atoms with Crippen molar-refractivity contribution in [3.63, 3.8) is 0 Å². The van der Waals surface area contributed by atoms with Crippen molar-refractivity contribution in [2.75, 3.05) is 38.1 Å². The lowest BCUT2D eigenvalue weighted by Crippen LogP contribution is -2.44. The van der Waals surface area contributed by atoms with E-state index in [1.165, 1.54) is 6.20 Å². The van der Waals surface area contributed by atoms with Gasteiger partial charge in [0.05, 0.1) is 9.40 Å². The van der Waals surface area contributed by atoms with Crippen molar-refractivity contribution in [2.24, 2.45) is 0 Å². The first-order chi connectivity index (χ1) is 8.09. The van der Waals surface area contributed by atoms with E-state index in [0.29, 0.717) is 10.2 Å². The first-order valence-corrected chi connectivity index (χ1v) is 6.10. The molecular formula is C10H13BrN4O2. The van der Waals surface area contributed by atoms with Gasteiger partial charge in [0.15, 0.2) is 0 Å². The zero-order chi connectivity index (χ0) is 12.4. The van der Waals surface area contributed by atoms with Crippen LogP contribution in [0.5, 0.6) is 0 Å². The molecule has 1 aromatic heterocycles. The highest BCUT2D eigenvalue weighted by Crippen LogP contribution is 2.34. The number of nitro groups is 1. The third-order valence-electron chi connectivity index (χ3n) is 2.87. The summed E-state index contributed by atoms with van der Waals surface area (Å²) in [7, 11) is 2.05. The quantitative estimate of drug-likeness (QED) is 0.612. The molecular weight excluding hydrogens is 288 g/mol. The first-order valence-electron chi connectivity index (χ1n) is 5.31. The van der Waals surface area contributed by atoms with E-state index in [0.717, 1.165) is 26.2 Å². The monoisotopic (exact) mass is 300 g/mol. The van der Waals surface area contributed by atoms with Gasteiger partial charge >= 0.3 is 5.69 Å². The molecule has 1 aliphatic rings. The molecule has 2 rings (SSSR count). The number of halogens is 1. The Labute approximate surface area is 108 Å². The minimum Gasteiger partial charge on any atom is -0.362 e. The van der Waals surface area contributed by atoms with Gasteiger partial charge in [0, 0.05) is 32.4 Å². The van der Waals surface area contributed by atoms with E-state index in [1.807, 2.05) is 11.9 Å². The normalized spacial score (nSPS) is 17.2. The van der Waals surface area contributed by atoms with Crippen LogP contribution in [0.4, 0.5) is 11.4 Å². The Hall–Kier alpha value is -1.21. The van der Waals surface area contributed by atoms with Gasteiger partial charge in [-0.2, -0.15) is 0 Å². The largest absolute Gasteiger partial charge is 0.362 e. The van der Waals surface area contributed by atoms with E-state index in [-0.39, 0.29) is 10.6 Å². The number of likely N-dealkylation sites (N-methyl/N-ethyl adjacent to an activating group) is 1. The topological polar surface area (TPSA) is 62.5 Å². The fourth-order valence-corrected chi connectivity index (χ4v) is 2.47. The van der Waals surface area contributed by atoms with Gasteiger partial charge in [-0.15, -0.1) is 0 Å². The second-order valence-corrected chi connectivity index (χ2v) is 4.89. The molecule has 0 unspecified atom stereocenters. The van der Waals surface area contributed by atoms with Gasteiger partial charge in [-0.3, -0.25) is 15.1 Å². The molecule has 0 aromatic carbocycles. The maximum absolute atomic E-state index is 11.0. The Morgan fingerprint density at radius 3 is 2.59 bits per heavy atom. The van der Waals surface area contributed by atoms with Crippen molar-refractivity contribution >= 4 is 27.3 Å². The van der Waals surface area contributed by atoms with E-state index < -0.39 is 0 Å². The molecule has 6 nitrogen and oxygen atoms in total. The van der Waals surface area contributed by atoms with Gasteiger partial charge in [-0.25, -0.2) is 0 Å². The van der Waals surface area contributed by atoms with Crippen molar-refractivity contribution in [3.8, 4) is 0 Å². The molecule has 1 aliphatic heterocycles. The Kier molecular flexibility index (Phi) is 3.58. The average molecular weight is 301 g/mol. The molecule has 7 heteroatoms. The van der Waals surface area contributed by atoms with Crippen molar-refractivity contribution in [1.82, 2.24) is 9.88 Å². The minimum atomic E-state index is -0.384. The van der Waals surface area contributed by atoms with Crippen molar-refractivity contribution in [3.05, 3.63) is 27.0 Å². The van der Waals surface area contributed by atoms with E-state index in [9.17, 15) is 10.1 Å². The van der Waals surface area contributed by atoms with Crippen molar-refractivity contribution < 1.29 is 4.92 Å². The number of piperazine rings is 1. The number of hydrogen-bond acceptors (Lipinski definition) is 5. The van der Waals surface area contributed by atoms with Gasteiger partial charge in [0.1, 0.15) is 11.9 Å². The zero-order valence-electron chi connectivity index (χ0n) is 9.47. The summed E-state index contributed by atoms with van der Waals surface area (Å²) in [5.74, 6) is 0. The van der Waals surface area contributed by atoms with Gasteiger partial charge in [0.2, 0.25) is 0 Å². The minimum absolute atomic E-state index is 0.0592. The molecule has 2 heterocycles. The maximum Gasteiger partial charge on any atom is 0.311 e. The molecule has 92 valence electrons. The lowest BCUT2D eigenvalue weighted by Gasteiger charge is -2.33. The van der Waals surface area contributed by atoms with Crippen LogP contribution in [-0.2, 0) is 0 Å². The number of aromatic nitrogens is 1. The summed E-state index contributed by atoms with van der Waals surface area (Å²) in [5, 5.41) is 11.0. The van der Waals surface area contributed by atoms with Crippen LogP contribution in [-0.4, -0.2) is 48.0 Å². The smallest absolute Gasteiger partial charge is 0.311 e. The number of anilines is 1. The average Bonchev–Trinajstić information content (AvgIpc) is 2.30. The highest BCUT2D eigenvalue weighted by atomic mass is 79.9. The fourth-order valence-electron chi connectivity index (χ4n) is 1.89. The van der Waals surface area contributed by atoms with Crippen molar-refractivity contribution in [2.45, 2.75) is 0 Å². The molecule has 1 aromatic rings. The summed E-state index contributed by atoms with van der Waals surface area (Å²) < 4.78 is 0.677. The Bertz CT molecular complexity index is 432. The lowest BCUT2D eigenvalue weighted by molar-refractivity contribution is -0.384. The van der Waals surface area contributed by atoms with Crippen LogP contribution in [0.3, 0.4) is 0 Å². The van der Waals surface area contributed by atoms with Crippen LogP contribution < -0.4 is 4.90 Å². The molecule has 0 atom stereocenters. The number of nitrogens with zero attached hydrogens (tertiary/aromatic N) is 4. The van der Waals surface area contributed by atoms with Crippen LogP contribution >= 0.6 is 15.9 Å².